The minimum atomic E-state index is 0.0376. The first-order valence-electron chi connectivity index (χ1n) is 4.52. The van der Waals surface area contributed by atoms with Crippen LogP contribution in [-0.2, 0) is 0 Å². The van der Waals surface area contributed by atoms with E-state index < -0.39 is 0 Å². The lowest BCUT2D eigenvalue weighted by Gasteiger charge is -2.01. The fraction of sp³-hybridized carbons (Fsp3) is 0.0833. The second kappa shape index (κ2) is 4.17. The van der Waals surface area contributed by atoms with Gasteiger partial charge in [-0.1, -0.05) is 17.7 Å². The zero-order valence-electron chi connectivity index (χ0n) is 8.16. The van der Waals surface area contributed by atoms with E-state index in [9.17, 15) is 4.79 Å². The number of carbonyl (C=O) groups excluding carboxylic acids is 1. The number of hydrogen-bond donors (Lipinski definition) is 0. The molecule has 0 N–H and O–H groups in total. The zero-order chi connectivity index (χ0) is 10.8. The smallest absolute Gasteiger partial charge is 0.202 e. The first-order chi connectivity index (χ1) is 7.16. The molecule has 0 amide bonds. The summed E-state index contributed by atoms with van der Waals surface area (Å²) >= 11 is 7.35. The molecule has 0 saturated heterocycles. The van der Waals surface area contributed by atoms with Crippen molar-refractivity contribution in [2.24, 2.45) is 0 Å². The molecule has 3 heteroatoms. The summed E-state index contributed by atoms with van der Waals surface area (Å²) in [5.74, 6) is 0.0376. The van der Waals surface area contributed by atoms with E-state index in [0.29, 0.717) is 10.6 Å². The number of ketones is 1. The van der Waals surface area contributed by atoms with Crippen molar-refractivity contribution >= 4 is 28.7 Å². The molecule has 1 heterocycles. The van der Waals surface area contributed by atoms with Gasteiger partial charge in [0, 0.05) is 10.6 Å². The van der Waals surface area contributed by atoms with E-state index in [4.69, 9.17) is 11.6 Å². The van der Waals surface area contributed by atoms with Gasteiger partial charge in [0.05, 0.1) is 4.88 Å². The van der Waals surface area contributed by atoms with Crippen LogP contribution < -0.4 is 0 Å². The fourth-order valence-corrected chi connectivity index (χ4v) is 2.39. The third kappa shape index (κ3) is 2.28. The van der Waals surface area contributed by atoms with Gasteiger partial charge in [-0.3, -0.25) is 4.79 Å². The highest BCUT2D eigenvalue weighted by Crippen LogP contribution is 2.19. The van der Waals surface area contributed by atoms with Crippen molar-refractivity contribution in [3.8, 4) is 0 Å². The molecule has 0 aliphatic carbocycles. The first-order valence-corrected chi connectivity index (χ1v) is 5.78. The van der Waals surface area contributed by atoms with Crippen LogP contribution in [0, 0.1) is 6.92 Å². The molecule has 0 aliphatic heterocycles. The van der Waals surface area contributed by atoms with E-state index in [2.05, 4.69) is 0 Å². The van der Waals surface area contributed by atoms with Gasteiger partial charge in [0.15, 0.2) is 0 Å². The standard InChI is InChI=1S/C12H9ClOS/c1-8-5-9(7-10(13)6-8)12(14)11-3-2-4-15-11/h2-7H,1H3. The number of aryl methyl sites for hydroxylation is 1. The third-order valence-electron chi connectivity index (χ3n) is 2.05. The van der Waals surface area contributed by atoms with Crippen LogP contribution in [0.25, 0.3) is 0 Å². The van der Waals surface area contributed by atoms with Gasteiger partial charge in [-0.15, -0.1) is 11.3 Å². The molecule has 0 atom stereocenters. The predicted octanol–water partition coefficient (Wildman–Crippen LogP) is 3.94. The van der Waals surface area contributed by atoms with Crippen molar-refractivity contribution in [1.82, 2.24) is 0 Å². The number of hydrogen-bond acceptors (Lipinski definition) is 2. The van der Waals surface area contributed by atoms with Gasteiger partial charge < -0.3 is 0 Å². The van der Waals surface area contributed by atoms with Gasteiger partial charge in [0.1, 0.15) is 0 Å². The predicted molar refractivity (Wildman–Crippen MR) is 63.9 cm³/mol. The number of rotatable bonds is 2. The van der Waals surface area contributed by atoms with Gasteiger partial charge in [0.25, 0.3) is 0 Å². The maximum absolute atomic E-state index is 12.0. The number of halogens is 1. The molecule has 0 spiro atoms. The molecule has 1 aromatic carbocycles. The van der Waals surface area contributed by atoms with Crippen molar-refractivity contribution in [3.05, 3.63) is 56.7 Å². The minimum Gasteiger partial charge on any atom is -0.288 e. The molecule has 2 rings (SSSR count). The molecule has 15 heavy (non-hydrogen) atoms. The fourth-order valence-electron chi connectivity index (χ4n) is 1.42. The van der Waals surface area contributed by atoms with Gasteiger partial charge in [-0.05, 0) is 42.1 Å². The summed E-state index contributed by atoms with van der Waals surface area (Å²) in [6.07, 6.45) is 0. The molecule has 0 aliphatic rings. The van der Waals surface area contributed by atoms with Crippen molar-refractivity contribution in [2.45, 2.75) is 6.92 Å². The normalized spacial score (nSPS) is 10.3. The summed E-state index contributed by atoms with van der Waals surface area (Å²) in [5.41, 5.74) is 1.66. The van der Waals surface area contributed by atoms with Gasteiger partial charge in [0.2, 0.25) is 5.78 Å². The summed E-state index contributed by atoms with van der Waals surface area (Å²) in [7, 11) is 0. The van der Waals surface area contributed by atoms with E-state index in [-0.39, 0.29) is 5.78 Å². The van der Waals surface area contributed by atoms with Crippen molar-refractivity contribution in [3.63, 3.8) is 0 Å². The summed E-state index contributed by atoms with van der Waals surface area (Å²) in [4.78, 5) is 12.7. The first kappa shape index (κ1) is 10.4. The maximum Gasteiger partial charge on any atom is 0.202 e. The molecular formula is C12H9ClOS. The molecule has 0 fully saturated rings. The minimum absolute atomic E-state index is 0.0376. The van der Waals surface area contributed by atoms with E-state index >= 15 is 0 Å². The monoisotopic (exact) mass is 236 g/mol. The van der Waals surface area contributed by atoms with Crippen LogP contribution in [0.2, 0.25) is 5.02 Å². The Labute approximate surface area is 97.3 Å². The number of carbonyl (C=O) groups is 1. The highest BCUT2D eigenvalue weighted by atomic mass is 35.5. The van der Waals surface area contributed by atoms with Gasteiger partial charge in [-0.25, -0.2) is 0 Å². The maximum atomic E-state index is 12.0. The van der Waals surface area contributed by atoms with Crippen LogP contribution in [0.3, 0.4) is 0 Å². The second-order valence-corrected chi connectivity index (χ2v) is 4.71. The third-order valence-corrected chi connectivity index (χ3v) is 3.14. The molecule has 0 unspecified atom stereocenters. The van der Waals surface area contributed by atoms with E-state index in [1.54, 1.807) is 6.07 Å². The summed E-state index contributed by atoms with van der Waals surface area (Å²) < 4.78 is 0. The molecule has 0 radical (unpaired) electrons. The Balaban J connectivity index is 2.42. The topological polar surface area (TPSA) is 17.1 Å². The number of thiophene rings is 1. The van der Waals surface area contributed by atoms with Crippen LogP contribution in [0.5, 0.6) is 0 Å². The number of benzene rings is 1. The zero-order valence-corrected chi connectivity index (χ0v) is 9.73. The molecule has 0 bridgehead atoms. The SMILES string of the molecule is Cc1cc(Cl)cc(C(=O)c2cccs2)c1. The van der Waals surface area contributed by atoms with Crippen LogP contribution in [0.4, 0.5) is 0 Å². The van der Waals surface area contributed by atoms with Crippen molar-refractivity contribution in [2.75, 3.05) is 0 Å². The lowest BCUT2D eigenvalue weighted by atomic mass is 10.1. The summed E-state index contributed by atoms with van der Waals surface area (Å²) in [6.45, 7) is 1.93. The second-order valence-electron chi connectivity index (χ2n) is 3.32. The highest BCUT2D eigenvalue weighted by molar-refractivity contribution is 7.12. The van der Waals surface area contributed by atoms with Crippen molar-refractivity contribution < 1.29 is 4.79 Å². The average Bonchev–Trinajstić information content (AvgIpc) is 2.67. The lowest BCUT2D eigenvalue weighted by molar-refractivity contribution is 0.104. The molecule has 2 aromatic rings. The highest BCUT2D eigenvalue weighted by Gasteiger charge is 2.10. The van der Waals surface area contributed by atoms with E-state index in [1.807, 2.05) is 36.6 Å². The Hall–Kier alpha value is -1.12. The van der Waals surface area contributed by atoms with Crippen LogP contribution in [0.1, 0.15) is 20.8 Å². The van der Waals surface area contributed by atoms with Gasteiger partial charge in [-0.2, -0.15) is 0 Å². The molecule has 0 saturated carbocycles. The van der Waals surface area contributed by atoms with E-state index in [1.165, 1.54) is 11.3 Å². The van der Waals surface area contributed by atoms with Gasteiger partial charge >= 0.3 is 0 Å². The lowest BCUT2D eigenvalue weighted by Crippen LogP contribution is -1.98. The quantitative estimate of drug-likeness (QED) is 0.722. The van der Waals surface area contributed by atoms with Crippen LogP contribution in [-0.4, -0.2) is 5.78 Å². The Morgan fingerprint density at radius 2 is 2.13 bits per heavy atom. The molecular weight excluding hydrogens is 228 g/mol. The van der Waals surface area contributed by atoms with Crippen LogP contribution in [0.15, 0.2) is 35.7 Å². The molecule has 1 nitrogen and oxygen atoms in total. The summed E-state index contributed by atoms with van der Waals surface area (Å²) in [5, 5.41) is 2.50. The molecule has 76 valence electrons. The summed E-state index contributed by atoms with van der Waals surface area (Å²) in [6, 6.07) is 9.09. The Kier molecular flexibility index (Phi) is 2.89. The van der Waals surface area contributed by atoms with Crippen molar-refractivity contribution in [1.29, 1.82) is 0 Å². The molecule has 1 aromatic heterocycles. The average molecular weight is 237 g/mol. The Morgan fingerprint density at radius 1 is 1.33 bits per heavy atom. The Bertz CT molecular complexity index is 468. The van der Waals surface area contributed by atoms with Crippen LogP contribution >= 0.6 is 22.9 Å². The van der Waals surface area contributed by atoms with E-state index in [0.717, 1.165) is 10.4 Å². The largest absolute Gasteiger partial charge is 0.288 e. The Morgan fingerprint density at radius 3 is 2.73 bits per heavy atom.